The highest BCUT2D eigenvalue weighted by Gasteiger charge is 2.29. The largest absolute Gasteiger partial charge is 0.0922 e. The van der Waals surface area contributed by atoms with Crippen molar-refractivity contribution < 1.29 is 0 Å². The second kappa shape index (κ2) is 9.94. The van der Waals surface area contributed by atoms with E-state index in [-0.39, 0.29) is 0 Å². The van der Waals surface area contributed by atoms with Gasteiger partial charge in [0.05, 0.1) is 0 Å². The number of rotatable bonds is 10. The summed E-state index contributed by atoms with van der Waals surface area (Å²) in [7, 11) is 0. The van der Waals surface area contributed by atoms with Gasteiger partial charge in [0.1, 0.15) is 0 Å². The van der Waals surface area contributed by atoms with Gasteiger partial charge >= 0.3 is 0 Å². The Morgan fingerprint density at radius 3 is 2.00 bits per heavy atom. The van der Waals surface area contributed by atoms with E-state index in [0.717, 1.165) is 16.6 Å². The summed E-state index contributed by atoms with van der Waals surface area (Å²) in [5, 5.41) is 2.28. The molecule has 0 heterocycles. The minimum Gasteiger partial charge on any atom is -0.0922 e. The van der Waals surface area contributed by atoms with Crippen LogP contribution >= 0.6 is 31.9 Å². The molecule has 0 saturated heterocycles. The lowest BCUT2D eigenvalue weighted by molar-refractivity contribution is 0.245. The molecule has 0 rings (SSSR count). The van der Waals surface area contributed by atoms with Crippen molar-refractivity contribution in [2.75, 3.05) is 10.7 Å². The summed E-state index contributed by atoms with van der Waals surface area (Å²) in [6, 6.07) is 0. The maximum atomic E-state index is 3.73. The third kappa shape index (κ3) is 6.05. The van der Waals surface area contributed by atoms with Gasteiger partial charge in [0.25, 0.3) is 0 Å². The predicted octanol–water partition coefficient (Wildman–Crippen LogP) is 6.17. The second-order valence-corrected chi connectivity index (χ2v) is 6.26. The minimum absolute atomic E-state index is 0.489. The minimum atomic E-state index is 0.489. The lowest BCUT2D eigenvalue weighted by atomic mass is 9.77. The van der Waals surface area contributed by atoms with Gasteiger partial charge in [0.2, 0.25) is 0 Å². The van der Waals surface area contributed by atoms with Crippen molar-refractivity contribution in [2.45, 2.75) is 65.7 Å². The number of halogens is 2. The monoisotopic (exact) mass is 354 g/mol. The highest BCUT2D eigenvalue weighted by atomic mass is 79.9. The molecule has 2 heteroatoms. The number of alkyl halides is 2. The smallest absolute Gasteiger partial charge is 0.00960 e. The number of unbranched alkanes of at least 4 members (excludes halogenated alkanes) is 1. The Hall–Kier alpha value is 0.960. The van der Waals surface area contributed by atoms with E-state index in [4.69, 9.17) is 0 Å². The molecule has 0 spiro atoms. The Kier molecular flexibility index (Phi) is 10.5. The van der Waals surface area contributed by atoms with E-state index in [1.165, 1.54) is 44.9 Å². The molecule has 0 nitrogen and oxygen atoms in total. The van der Waals surface area contributed by atoms with Crippen LogP contribution in [0.25, 0.3) is 0 Å². The molecule has 0 radical (unpaired) electrons. The van der Waals surface area contributed by atoms with Crippen molar-refractivity contribution in [3.63, 3.8) is 0 Å². The van der Waals surface area contributed by atoms with Crippen LogP contribution in [0.3, 0.4) is 0 Å². The first-order valence-corrected chi connectivity index (χ1v) is 9.04. The lowest BCUT2D eigenvalue weighted by Gasteiger charge is -2.33. The van der Waals surface area contributed by atoms with Gasteiger partial charge in [-0.15, -0.1) is 0 Å². The van der Waals surface area contributed by atoms with Crippen LogP contribution in [0.4, 0.5) is 0 Å². The van der Waals surface area contributed by atoms with Crippen LogP contribution in [0.1, 0.15) is 65.7 Å². The third-order valence-corrected chi connectivity index (χ3v) is 5.99. The molecular formula is C14H28Br2. The third-order valence-electron chi connectivity index (χ3n) is 3.61. The Labute approximate surface area is 119 Å². The van der Waals surface area contributed by atoms with E-state index in [9.17, 15) is 0 Å². The fraction of sp³-hybridized carbons (Fsp3) is 1.00. The first kappa shape index (κ1) is 17.0. The molecule has 0 bridgehead atoms. The average Bonchev–Trinajstić information content (AvgIpc) is 2.33. The summed E-state index contributed by atoms with van der Waals surface area (Å²) >= 11 is 7.46. The molecule has 16 heavy (non-hydrogen) atoms. The Balaban J connectivity index is 4.32. The predicted molar refractivity (Wildman–Crippen MR) is 82.9 cm³/mol. The van der Waals surface area contributed by atoms with Crippen molar-refractivity contribution in [1.82, 2.24) is 0 Å². The highest BCUT2D eigenvalue weighted by Crippen LogP contribution is 2.38. The molecular weight excluding hydrogens is 328 g/mol. The fourth-order valence-corrected chi connectivity index (χ4v) is 4.41. The molecule has 0 aromatic rings. The summed E-state index contributed by atoms with van der Waals surface area (Å²) in [6.07, 6.45) is 9.50. The standard InChI is InChI=1S/C14H28Br2/c1-4-7-8-13(6-3)10-14(11-15,12-16)9-5-2/h13H,4-12H2,1-3H3. The van der Waals surface area contributed by atoms with Gasteiger partial charge in [-0.1, -0.05) is 84.7 Å². The molecule has 0 fully saturated rings. The summed E-state index contributed by atoms with van der Waals surface area (Å²) in [5.41, 5.74) is 0.489. The molecule has 1 unspecified atom stereocenters. The summed E-state index contributed by atoms with van der Waals surface area (Å²) in [5.74, 6) is 0.918. The Bertz CT molecular complexity index is 153. The van der Waals surface area contributed by atoms with E-state index in [0.29, 0.717) is 5.41 Å². The van der Waals surface area contributed by atoms with E-state index in [1.54, 1.807) is 0 Å². The van der Waals surface area contributed by atoms with Gasteiger partial charge in [-0.05, 0) is 24.2 Å². The van der Waals surface area contributed by atoms with Crippen molar-refractivity contribution in [3.8, 4) is 0 Å². The Morgan fingerprint density at radius 2 is 1.62 bits per heavy atom. The topological polar surface area (TPSA) is 0 Å². The average molecular weight is 356 g/mol. The van der Waals surface area contributed by atoms with E-state index in [1.807, 2.05) is 0 Å². The van der Waals surface area contributed by atoms with Gasteiger partial charge < -0.3 is 0 Å². The molecule has 0 saturated carbocycles. The molecule has 1 atom stereocenters. The second-order valence-electron chi connectivity index (χ2n) is 5.14. The SMILES string of the molecule is CCCCC(CC)CC(CBr)(CBr)CCC. The van der Waals surface area contributed by atoms with Crippen LogP contribution < -0.4 is 0 Å². The Morgan fingerprint density at radius 1 is 1.00 bits per heavy atom. The summed E-state index contributed by atoms with van der Waals surface area (Å²) < 4.78 is 0. The van der Waals surface area contributed by atoms with Gasteiger partial charge in [-0.3, -0.25) is 0 Å². The van der Waals surface area contributed by atoms with Crippen molar-refractivity contribution in [3.05, 3.63) is 0 Å². The van der Waals surface area contributed by atoms with Crippen LogP contribution in [0.15, 0.2) is 0 Å². The van der Waals surface area contributed by atoms with Crippen molar-refractivity contribution >= 4 is 31.9 Å². The molecule has 0 aliphatic rings. The van der Waals surface area contributed by atoms with Gasteiger partial charge in [0.15, 0.2) is 0 Å². The highest BCUT2D eigenvalue weighted by molar-refractivity contribution is 9.09. The van der Waals surface area contributed by atoms with Gasteiger partial charge in [0, 0.05) is 10.7 Å². The van der Waals surface area contributed by atoms with Crippen LogP contribution in [-0.4, -0.2) is 10.7 Å². The zero-order valence-electron chi connectivity index (χ0n) is 11.2. The first-order chi connectivity index (χ1) is 7.67. The van der Waals surface area contributed by atoms with Crippen LogP contribution in [0, 0.1) is 11.3 Å². The molecule has 0 aromatic heterocycles. The van der Waals surface area contributed by atoms with Crippen molar-refractivity contribution in [2.24, 2.45) is 11.3 Å². The lowest BCUT2D eigenvalue weighted by Crippen LogP contribution is -2.28. The van der Waals surface area contributed by atoms with Gasteiger partial charge in [-0.25, -0.2) is 0 Å². The molecule has 0 aliphatic carbocycles. The van der Waals surface area contributed by atoms with E-state index >= 15 is 0 Å². The normalized spacial score (nSPS) is 14.1. The molecule has 0 aromatic carbocycles. The zero-order valence-corrected chi connectivity index (χ0v) is 14.4. The summed E-state index contributed by atoms with van der Waals surface area (Å²) in [6.45, 7) is 6.94. The van der Waals surface area contributed by atoms with Crippen LogP contribution in [0.2, 0.25) is 0 Å². The molecule has 0 amide bonds. The van der Waals surface area contributed by atoms with E-state index < -0.39 is 0 Å². The number of hydrogen-bond donors (Lipinski definition) is 0. The quantitative estimate of drug-likeness (QED) is 0.411. The molecule has 0 aliphatic heterocycles. The maximum absolute atomic E-state index is 3.73. The van der Waals surface area contributed by atoms with Crippen LogP contribution in [0.5, 0.6) is 0 Å². The van der Waals surface area contributed by atoms with E-state index in [2.05, 4.69) is 52.6 Å². The number of hydrogen-bond acceptors (Lipinski definition) is 0. The fourth-order valence-electron chi connectivity index (χ4n) is 2.47. The van der Waals surface area contributed by atoms with Crippen LogP contribution in [-0.2, 0) is 0 Å². The maximum Gasteiger partial charge on any atom is 0.00960 e. The zero-order chi connectivity index (χ0) is 12.4. The van der Waals surface area contributed by atoms with Gasteiger partial charge in [-0.2, -0.15) is 0 Å². The summed E-state index contributed by atoms with van der Waals surface area (Å²) in [4.78, 5) is 0. The van der Waals surface area contributed by atoms with Crippen molar-refractivity contribution in [1.29, 1.82) is 0 Å². The molecule has 0 N–H and O–H groups in total. The first-order valence-electron chi connectivity index (χ1n) is 6.79. The molecule has 98 valence electrons.